The second-order valence-electron chi connectivity index (χ2n) is 4.82. The number of carbonyl (C=O) groups excluding carboxylic acids is 1. The lowest BCUT2D eigenvalue weighted by Crippen LogP contribution is -2.49. The van der Waals surface area contributed by atoms with Crippen LogP contribution >= 0.6 is 23.2 Å². The Morgan fingerprint density at radius 3 is 2.52 bits per heavy atom. The van der Waals surface area contributed by atoms with Crippen molar-refractivity contribution in [2.75, 3.05) is 17.7 Å². The number of nitrogens with two attached hydrogens (primary N) is 1. The van der Waals surface area contributed by atoms with Crippen molar-refractivity contribution in [1.29, 1.82) is 5.26 Å². The fourth-order valence-electron chi connectivity index (χ4n) is 1.71. The van der Waals surface area contributed by atoms with Gasteiger partial charge in [-0.25, -0.2) is 8.42 Å². The number of nitrogens with one attached hydrogen (secondary N) is 1. The summed E-state index contributed by atoms with van der Waals surface area (Å²) in [5.41, 5.74) is 4.07. The number of nitrogen functional groups attached to an aromatic ring is 1. The smallest absolute Gasteiger partial charge is 0.254 e. The first-order valence-corrected chi connectivity index (χ1v) is 8.45. The van der Waals surface area contributed by atoms with Gasteiger partial charge in [0.15, 0.2) is 9.84 Å². The van der Waals surface area contributed by atoms with E-state index in [0.717, 1.165) is 6.26 Å². The van der Waals surface area contributed by atoms with E-state index in [1.807, 2.05) is 0 Å². The van der Waals surface area contributed by atoms with Gasteiger partial charge in [-0.05, 0) is 19.1 Å². The largest absolute Gasteiger partial charge is 0.397 e. The predicted octanol–water partition coefficient (Wildman–Crippen LogP) is 1.63. The molecule has 0 saturated carbocycles. The standard InChI is InChI=1S/C12H13Cl2N3O3S/c1-12(5-15,6-21(2,19)20)17-11(18)8-3-7(13)4-9(14)10(8)16/h3-4H,6,16H2,1-2H3,(H,17,18). The number of rotatable bonds is 4. The molecule has 9 heteroatoms. The van der Waals surface area contributed by atoms with Crippen molar-refractivity contribution >= 4 is 44.6 Å². The SMILES string of the molecule is CC(C#N)(CS(C)(=O)=O)NC(=O)c1cc(Cl)cc(Cl)c1N. The van der Waals surface area contributed by atoms with Crippen LogP contribution in [0.5, 0.6) is 0 Å². The zero-order valence-electron chi connectivity index (χ0n) is 11.3. The summed E-state index contributed by atoms with van der Waals surface area (Å²) in [5, 5.41) is 11.7. The summed E-state index contributed by atoms with van der Waals surface area (Å²) < 4.78 is 22.7. The molecular formula is C12H13Cl2N3O3S. The van der Waals surface area contributed by atoms with E-state index >= 15 is 0 Å². The second-order valence-corrected chi connectivity index (χ2v) is 7.80. The summed E-state index contributed by atoms with van der Waals surface area (Å²) in [6.45, 7) is 1.30. The Morgan fingerprint density at radius 2 is 2.05 bits per heavy atom. The van der Waals surface area contributed by atoms with Crippen LogP contribution in [-0.2, 0) is 9.84 Å². The monoisotopic (exact) mass is 349 g/mol. The predicted molar refractivity (Wildman–Crippen MR) is 82.1 cm³/mol. The molecule has 0 bridgehead atoms. The van der Waals surface area contributed by atoms with E-state index in [2.05, 4.69) is 5.32 Å². The first-order chi connectivity index (χ1) is 9.47. The molecule has 0 saturated heterocycles. The molecule has 1 aromatic rings. The Bertz CT molecular complexity index is 728. The first kappa shape index (κ1) is 17.6. The molecule has 1 rings (SSSR count). The van der Waals surface area contributed by atoms with Crippen molar-refractivity contribution in [3.05, 3.63) is 27.7 Å². The number of anilines is 1. The molecule has 0 spiro atoms. The molecule has 0 aromatic heterocycles. The molecule has 6 nitrogen and oxygen atoms in total. The molecule has 0 aliphatic carbocycles. The van der Waals surface area contributed by atoms with Crippen molar-refractivity contribution < 1.29 is 13.2 Å². The fourth-order valence-corrected chi connectivity index (χ4v) is 3.39. The zero-order chi connectivity index (χ0) is 16.4. The topological polar surface area (TPSA) is 113 Å². The molecule has 0 heterocycles. The molecule has 1 amide bonds. The minimum atomic E-state index is -3.47. The van der Waals surface area contributed by atoms with Crippen LogP contribution < -0.4 is 11.1 Å². The van der Waals surface area contributed by atoms with Gasteiger partial charge in [0.2, 0.25) is 0 Å². The third-order valence-corrected chi connectivity index (χ3v) is 4.16. The van der Waals surface area contributed by atoms with Gasteiger partial charge in [-0.1, -0.05) is 23.2 Å². The van der Waals surface area contributed by atoms with Gasteiger partial charge < -0.3 is 11.1 Å². The molecular weight excluding hydrogens is 337 g/mol. The number of nitrogens with zero attached hydrogens (tertiary/aromatic N) is 1. The summed E-state index contributed by atoms with van der Waals surface area (Å²) in [7, 11) is -3.47. The average Bonchev–Trinajstić information content (AvgIpc) is 2.31. The molecule has 21 heavy (non-hydrogen) atoms. The van der Waals surface area contributed by atoms with Crippen LogP contribution in [-0.4, -0.2) is 31.9 Å². The minimum absolute atomic E-state index is 0.00166. The zero-order valence-corrected chi connectivity index (χ0v) is 13.6. The number of halogens is 2. The molecule has 114 valence electrons. The molecule has 1 aromatic carbocycles. The highest BCUT2D eigenvalue weighted by Crippen LogP contribution is 2.27. The van der Waals surface area contributed by atoms with Crippen LogP contribution in [0.15, 0.2) is 12.1 Å². The Hall–Kier alpha value is -1.49. The molecule has 1 unspecified atom stereocenters. The first-order valence-electron chi connectivity index (χ1n) is 5.63. The average molecular weight is 350 g/mol. The minimum Gasteiger partial charge on any atom is -0.397 e. The van der Waals surface area contributed by atoms with Crippen molar-refractivity contribution in [3.8, 4) is 6.07 Å². The van der Waals surface area contributed by atoms with Gasteiger partial charge in [-0.2, -0.15) is 5.26 Å². The maximum Gasteiger partial charge on any atom is 0.254 e. The molecule has 3 N–H and O–H groups in total. The Balaban J connectivity index is 3.14. The fraction of sp³-hybridized carbons (Fsp3) is 0.333. The van der Waals surface area contributed by atoms with Crippen LogP contribution in [0.3, 0.4) is 0 Å². The summed E-state index contributed by atoms with van der Waals surface area (Å²) in [5.74, 6) is -1.26. The maximum absolute atomic E-state index is 12.2. The van der Waals surface area contributed by atoms with E-state index in [9.17, 15) is 13.2 Å². The van der Waals surface area contributed by atoms with Crippen molar-refractivity contribution in [2.24, 2.45) is 0 Å². The molecule has 0 aliphatic rings. The summed E-state index contributed by atoms with van der Waals surface area (Å²) in [6.07, 6.45) is 0.972. The maximum atomic E-state index is 12.2. The van der Waals surface area contributed by atoms with Crippen LogP contribution in [0.25, 0.3) is 0 Å². The summed E-state index contributed by atoms with van der Waals surface area (Å²) >= 11 is 11.6. The van der Waals surface area contributed by atoms with Crippen LogP contribution in [0, 0.1) is 11.3 Å². The normalized spacial score (nSPS) is 14.0. The van der Waals surface area contributed by atoms with E-state index in [0.29, 0.717) is 0 Å². The van der Waals surface area contributed by atoms with Crippen molar-refractivity contribution in [3.63, 3.8) is 0 Å². The number of hydrogen-bond donors (Lipinski definition) is 2. The van der Waals surface area contributed by atoms with Crippen molar-refractivity contribution in [2.45, 2.75) is 12.5 Å². The molecule has 1 atom stereocenters. The number of amides is 1. The van der Waals surface area contributed by atoms with Gasteiger partial charge in [-0.3, -0.25) is 4.79 Å². The van der Waals surface area contributed by atoms with Crippen LogP contribution in [0.1, 0.15) is 17.3 Å². The van der Waals surface area contributed by atoms with Gasteiger partial charge in [0.25, 0.3) is 5.91 Å². The number of hydrogen-bond acceptors (Lipinski definition) is 5. The Morgan fingerprint density at radius 1 is 1.48 bits per heavy atom. The lowest BCUT2D eigenvalue weighted by molar-refractivity contribution is 0.0931. The Kier molecular flexibility index (Phi) is 5.10. The van der Waals surface area contributed by atoms with Crippen LogP contribution in [0.2, 0.25) is 10.0 Å². The molecule has 0 radical (unpaired) electrons. The van der Waals surface area contributed by atoms with E-state index in [4.69, 9.17) is 34.2 Å². The van der Waals surface area contributed by atoms with Gasteiger partial charge in [0.05, 0.1) is 28.1 Å². The molecule has 0 aliphatic heterocycles. The van der Waals surface area contributed by atoms with E-state index in [1.54, 1.807) is 6.07 Å². The summed E-state index contributed by atoms with van der Waals surface area (Å²) in [4.78, 5) is 12.2. The summed E-state index contributed by atoms with van der Waals surface area (Å²) in [6, 6.07) is 4.42. The quantitative estimate of drug-likeness (QED) is 0.802. The second kappa shape index (κ2) is 6.10. The third kappa shape index (κ3) is 4.77. The number of nitriles is 1. The van der Waals surface area contributed by atoms with Gasteiger partial charge in [0, 0.05) is 11.3 Å². The number of benzene rings is 1. The van der Waals surface area contributed by atoms with E-state index < -0.39 is 27.0 Å². The van der Waals surface area contributed by atoms with Gasteiger partial charge >= 0.3 is 0 Å². The molecule has 0 fully saturated rings. The van der Waals surface area contributed by atoms with Gasteiger partial charge in [-0.15, -0.1) is 0 Å². The highest BCUT2D eigenvalue weighted by Gasteiger charge is 2.31. The lowest BCUT2D eigenvalue weighted by atomic mass is 10.1. The Labute approximate surface area is 132 Å². The highest BCUT2D eigenvalue weighted by molar-refractivity contribution is 7.90. The highest BCUT2D eigenvalue weighted by atomic mass is 35.5. The van der Waals surface area contributed by atoms with Crippen molar-refractivity contribution in [1.82, 2.24) is 5.32 Å². The van der Waals surface area contributed by atoms with Crippen LogP contribution in [0.4, 0.5) is 5.69 Å². The van der Waals surface area contributed by atoms with E-state index in [-0.39, 0.29) is 21.3 Å². The lowest BCUT2D eigenvalue weighted by Gasteiger charge is -2.22. The van der Waals surface area contributed by atoms with E-state index in [1.165, 1.54) is 19.1 Å². The number of sulfone groups is 1. The van der Waals surface area contributed by atoms with Gasteiger partial charge in [0.1, 0.15) is 5.54 Å². The third-order valence-electron chi connectivity index (χ3n) is 2.53. The number of carbonyl (C=O) groups is 1.